The van der Waals surface area contributed by atoms with E-state index in [-0.39, 0.29) is 0 Å². The number of halogens is 5. The Balaban J connectivity index is 0.000000192. The highest BCUT2D eigenvalue weighted by atomic mass is 79.9. The Morgan fingerprint density at radius 3 is 2.45 bits per heavy atom. The van der Waals surface area contributed by atoms with Crippen LogP contribution in [0.5, 0.6) is 5.75 Å². The zero-order valence-electron chi connectivity index (χ0n) is 14.8. The number of aromatic nitrogens is 1. The number of benzene rings is 2. The summed E-state index contributed by atoms with van der Waals surface area (Å²) in [7, 11) is 0. The molecule has 2 nitrogen and oxygen atoms in total. The van der Waals surface area contributed by atoms with Crippen LogP contribution in [0.3, 0.4) is 0 Å². The van der Waals surface area contributed by atoms with Crippen LogP contribution in [0, 0.1) is 0 Å². The maximum Gasteiger partial charge on any atom is 0.141 e. The van der Waals surface area contributed by atoms with Crippen LogP contribution in [-0.4, -0.2) is 10.1 Å². The first-order valence-corrected chi connectivity index (χ1v) is 12.3. The fourth-order valence-electron chi connectivity index (χ4n) is 3.53. The number of alkyl halides is 2. The van der Waals surface area contributed by atoms with Crippen molar-refractivity contribution >= 4 is 88.9 Å². The number of H-pyrrole nitrogens is 1. The van der Waals surface area contributed by atoms with E-state index in [1.165, 1.54) is 27.8 Å². The molecule has 0 saturated carbocycles. The molecule has 2 aromatic carbocycles. The predicted octanol–water partition coefficient (Wildman–Crippen LogP) is 9.04. The van der Waals surface area contributed by atoms with Gasteiger partial charge in [0.2, 0.25) is 0 Å². The lowest BCUT2D eigenvalue weighted by Crippen LogP contribution is -2.03. The number of aryl methyl sites for hydroxylation is 2. The van der Waals surface area contributed by atoms with Crippen molar-refractivity contribution in [2.45, 2.75) is 17.7 Å². The van der Waals surface area contributed by atoms with E-state index < -0.39 is 4.84 Å². The fraction of sp³-hybridized carbons (Fsp3) is 0.143. The highest BCUT2D eigenvalue weighted by Crippen LogP contribution is 2.43. The minimum atomic E-state index is -0.442. The van der Waals surface area contributed by atoms with Crippen LogP contribution in [0.4, 0.5) is 0 Å². The molecule has 0 unspecified atom stereocenters. The predicted molar refractivity (Wildman–Crippen MR) is 132 cm³/mol. The smallest absolute Gasteiger partial charge is 0.141 e. The first kappa shape index (κ1) is 21.5. The van der Waals surface area contributed by atoms with Gasteiger partial charge in [0.25, 0.3) is 0 Å². The second kappa shape index (κ2) is 8.81. The lowest BCUT2D eigenvalue weighted by molar-refractivity contribution is 0.475. The third kappa shape index (κ3) is 4.51. The normalized spacial score (nSPS) is 12.5. The van der Waals surface area contributed by atoms with Gasteiger partial charge in [0.1, 0.15) is 10.6 Å². The summed E-state index contributed by atoms with van der Waals surface area (Å²) in [5, 5.41) is 11.5. The molecule has 1 aliphatic carbocycles. The first-order chi connectivity index (χ1) is 13.8. The van der Waals surface area contributed by atoms with Gasteiger partial charge in [-0.2, -0.15) is 0 Å². The van der Waals surface area contributed by atoms with Crippen molar-refractivity contribution in [3.8, 4) is 17.0 Å². The molecule has 0 saturated heterocycles. The van der Waals surface area contributed by atoms with E-state index in [9.17, 15) is 5.11 Å². The van der Waals surface area contributed by atoms with Gasteiger partial charge in [-0.1, -0.05) is 66.7 Å². The van der Waals surface area contributed by atoms with E-state index >= 15 is 0 Å². The Labute approximate surface area is 204 Å². The van der Waals surface area contributed by atoms with Crippen LogP contribution in [0.25, 0.3) is 22.2 Å². The molecule has 0 amide bonds. The summed E-state index contributed by atoms with van der Waals surface area (Å²) in [6.07, 6.45) is 1.95. The van der Waals surface area contributed by atoms with Gasteiger partial charge in [-0.3, -0.25) is 0 Å². The number of phenols is 1. The van der Waals surface area contributed by atoms with Crippen molar-refractivity contribution in [3.63, 3.8) is 0 Å². The summed E-state index contributed by atoms with van der Waals surface area (Å²) < 4.78 is 2.73. The van der Waals surface area contributed by atoms with E-state index in [0.717, 1.165) is 47.8 Å². The summed E-state index contributed by atoms with van der Waals surface area (Å²) in [5.74, 6) is 0.334. The van der Waals surface area contributed by atoms with Crippen molar-refractivity contribution < 1.29 is 5.11 Å². The Kier molecular flexibility index (Phi) is 6.55. The van der Waals surface area contributed by atoms with Crippen molar-refractivity contribution in [2.24, 2.45) is 0 Å². The molecule has 0 radical (unpaired) electrons. The number of nitrogens with one attached hydrogen (secondary N) is 1. The monoisotopic (exact) mass is 591 g/mol. The molecule has 1 aliphatic rings. The van der Waals surface area contributed by atoms with Crippen LogP contribution < -0.4 is 0 Å². The molecular formula is C21H14Br2Cl3NOS. The maximum absolute atomic E-state index is 10.3. The van der Waals surface area contributed by atoms with E-state index in [4.69, 9.17) is 34.8 Å². The summed E-state index contributed by atoms with van der Waals surface area (Å²) in [5.41, 5.74) is 5.61. The van der Waals surface area contributed by atoms with Gasteiger partial charge in [0.15, 0.2) is 0 Å². The van der Waals surface area contributed by atoms with Crippen molar-refractivity contribution in [2.75, 3.05) is 0 Å². The third-order valence-electron chi connectivity index (χ3n) is 4.74. The van der Waals surface area contributed by atoms with Crippen LogP contribution in [-0.2, 0) is 12.8 Å². The first-order valence-electron chi connectivity index (χ1n) is 8.68. The van der Waals surface area contributed by atoms with Gasteiger partial charge in [-0.15, -0.1) is 11.3 Å². The standard InChI is InChI=1S/C16H11Br2NO.C5H3Cl3S/c17-9-2-4-13-12(6-9)11-3-1-8-5-10(18)7-14(20)15(8)16(11)19-13;6-4-2-1-3(9-4)5(7)8/h2,4-7,19-20H,1,3H2;1-2,5H. The number of rotatable bonds is 1. The molecule has 0 aliphatic heterocycles. The lowest BCUT2D eigenvalue weighted by Gasteiger charge is -2.18. The molecule has 0 atom stereocenters. The number of aromatic amines is 1. The zero-order valence-corrected chi connectivity index (χ0v) is 21.0. The van der Waals surface area contributed by atoms with E-state index in [1.807, 2.05) is 12.1 Å². The maximum atomic E-state index is 10.3. The number of hydrogen-bond acceptors (Lipinski definition) is 2. The molecule has 2 aromatic heterocycles. The zero-order chi connectivity index (χ0) is 20.7. The molecule has 8 heteroatoms. The topological polar surface area (TPSA) is 36.0 Å². The average molecular weight is 595 g/mol. The molecule has 0 bridgehead atoms. The Hall–Kier alpha value is -0.690. The SMILES string of the molecule is Clc1ccc(C(Cl)Cl)s1.Oc1cc(Br)cc2c1-c1[nH]c3ccc(Br)cc3c1CC2. The largest absolute Gasteiger partial charge is 0.507 e. The molecule has 29 heavy (non-hydrogen) atoms. The number of fused-ring (bicyclic) bond motifs is 5. The van der Waals surface area contributed by atoms with Crippen molar-refractivity contribution in [3.05, 3.63) is 71.8 Å². The molecule has 2 N–H and O–H groups in total. The van der Waals surface area contributed by atoms with Crippen LogP contribution in [0.2, 0.25) is 4.34 Å². The molecule has 5 rings (SSSR count). The van der Waals surface area contributed by atoms with Crippen LogP contribution in [0.1, 0.15) is 20.8 Å². The van der Waals surface area contributed by atoms with Gasteiger partial charge in [-0.25, -0.2) is 0 Å². The highest BCUT2D eigenvalue weighted by Gasteiger charge is 2.23. The van der Waals surface area contributed by atoms with E-state index in [1.54, 1.807) is 12.1 Å². The molecular weight excluding hydrogens is 580 g/mol. The number of phenolic OH excluding ortho intramolecular Hbond substituents is 1. The lowest BCUT2D eigenvalue weighted by atomic mass is 9.88. The summed E-state index contributed by atoms with van der Waals surface area (Å²) in [6, 6.07) is 13.7. The van der Waals surface area contributed by atoms with Gasteiger partial charge < -0.3 is 10.1 Å². The minimum Gasteiger partial charge on any atom is -0.507 e. The number of aromatic hydroxyl groups is 1. The second-order valence-electron chi connectivity index (χ2n) is 6.57. The number of hydrogen-bond donors (Lipinski definition) is 2. The van der Waals surface area contributed by atoms with E-state index in [0.29, 0.717) is 5.75 Å². The Bertz CT molecular complexity index is 1200. The Morgan fingerprint density at radius 2 is 1.79 bits per heavy atom. The van der Waals surface area contributed by atoms with Gasteiger partial charge in [0, 0.05) is 30.3 Å². The third-order valence-corrected chi connectivity index (χ3v) is 7.71. The molecule has 0 fully saturated rings. The highest BCUT2D eigenvalue weighted by molar-refractivity contribution is 9.10. The quantitative estimate of drug-likeness (QED) is 0.212. The van der Waals surface area contributed by atoms with Gasteiger partial charge in [0.05, 0.1) is 10.0 Å². The molecule has 4 aromatic rings. The summed E-state index contributed by atoms with van der Waals surface area (Å²) in [6.45, 7) is 0. The Morgan fingerprint density at radius 1 is 1.00 bits per heavy atom. The van der Waals surface area contributed by atoms with Gasteiger partial charge in [-0.05, 0) is 66.4 Å². The molecule has 2 heterocycles. The molecule has 0 spiro atoms. The van der Waals surface area contributed by atoms with E-state index in [2.05, 4.69) is 55.0 Å². The van der Waals surface area contributed by atoms with Crippen molar-refractivity contribution in [1.29, 1.82) is 0 Å². The minimum absolute atomic E-state index is 0.334. The number of thiophene rings is 1. The average Bonchev–Trinajstić information content (AvgIpc) is 3.25. The summed E-state index contributed by atoms with van der Waals surface area (Å²) in [4.78, 5) is 3.91. The summed E-state index contributed by atoms with van der Waals surface area (Å²) >= 11 is 25.1. The van der Waals surface area contributed by atoms with Gasteiger partial charge >= 0.3 is 0 Å². The fourth-order valence-corrected chi connectivity index (χ4v) is 5.72. The molecule has 150 valence electrons. The van der Waals surface area contributed by atoms with Crippen LogP contribution >= 0.6 is 78.0 Å². The van der Waals surface area contributed by atoms with Crippen molar-refractivity contribution in [1.82, 2.24) is 4.98 Å². The second-order valence-corrected chi connectivity index (χ2v) is 11.2. The van der Waals surface area contributed by atoms with Crippen LogP contribution in [0.15, 0.2) is 51.4 Å².